The maximum atomic E-state index is 12.5. The summed E-state index contributed by atoms with van der Waals surface area (Å²) in [6, 6.07) is 20.1. The molecule has 3 aromatic carbocycles. The van der Waals surface area contributed by atoms with Crippen LogP contribution in [0.25, 0.3) is 17.1 Å². The number of halogens is 1. The number of rotatable bonds is 9. The summed E-state index contributed by atoms with van der Waals surface area (Å²) in [6.07, 6.45) is 1.43. The summed E-state index contributed by atoms with van der Waals surface area (Å²) >= 11 is 7.30. The van der Waals surface area contributed by atoms with Gasteiger partial charge in [-0.15, -0.1) is 10.2 Å². The van der Waals surface area contributed by atoms with Crippen molar-refractivity contribution in [2.24, 2.45) is 5.10 Å². The zero-order chi connectivity index (χ0) is 25.5. The molecule has 0 fully saturated rings. The molecular weight excluding hydrogens is 502 g/mol. The molecule has 0 unspecified atom stereocenters. The number of aromatic nitrogens is 3. The Labute approximate surface area is 216 Å². The van der Waals surface area contributed by atoms with Crippen molar-refractivity contribution < 1.29 is 19.4 Å². The molecule has 0 aliphatic heterocycles. The summed E-state index contributed by atoms with van der Waals surface area (Å²) in [7, 11) is 2.86. The molecule has 4 rings (SSSR count). The molecule has 0 radical (unpaired) electrons. The number of methoxy groups -OCH3 is 2. The molecule has 36 heavy (non-hydrogen) atoms. The Balaban J connectivity index is 1.48. The molecule has 0 bridgehead atoms. The van der Waals surface area contributed by atoms with Crippen molar-refractivity contribution in [3.8, 4) is 34.3 Å². The number of nitrogens with one attached hydrogen (secondary N) is 1. The largest absolute Gasteiger partial charge is 0.502 e. The molecule has 1 heterocycles. The third kappa shape index (κ3) is 5.78. The minimum absolute atomic E-state index is 0.0556. The molecule has 9 nitrogen and oxygen atoms in total. The number of phenols is 1. The average Bonchev–Trinajstić information content (AvgIpc) is 3.33. The van der Waals surface area contributed by atoms with E-state index in [1.54, 1.807) is 24.3 Å². The Morgan fingerprint density at radius 1 is 1.08 bits per heavy atom. The number of ether oxygens (including phenoxy) is 2. The van der Waals surface area contributed by atoms with Crippen LogP contribution in [-0.2, 0) is 4.79 Å². The van der Waals surface area contributed by atoms with E-state index in [-0.39, 0.29) is 28.9 Å². The van der Waals surface area contributed by atoms with Crippen molar-refractivity contribution in [2.75, 3.05) is 20.0 Å². The second kappa shape index (κ2) is 11.6. The maximum absolute atomic E-state index is 12.5. The van der Waals surface area contributed by atoms with Gasteiger partial charge in [0.25, 0.3) is 5.91 Å². The van der Waals surface area contributed by atoms with Gasteiger partial charge in [0.15, 0.2) is 22.5 Å². The van der Waals surface area contributed by atoms with E-state index in [0.29, 0.717) is 21.6 Å². The van der Waals surface area contributed by atoms with Gasteiger partial charge < -0.3 is 14.6 Å². The van der Waals surface area contributed by atoms with Gasteiger partial charge in [0.1, 0.15) is 0 Å². The molecule has 0 atom stereocenters. The van der Waals surface area contributed by atoms with Gasteiger partial charge >= 0.3 is 0 Å². The number of thioether (sulfide) groups is 1. The number of amides is 1. The van der Waals surface area contributed by atoms with Crippen molar-refractivity contribution in [2.45, 2.75) is 5.16 Å². The number of carbonyl (C=O) groups is 1. The molecule has 4 aromatic rings. The number of carbonyl (C=O) groups excluding carboxylic acids is 1. The van der Waals surface area contributed by atoms with Crippen molar-refractivity contribution >= 4 is 35.5 Å². The van der Waals surface area contributed by atoms with Crippen LogP contribution >= 0.6 is 23.4 Å². The van der Waals surface area contributed by atoms with E-state index in [2.05, 4.69) is 20.7 Å². The Morgan fingerprint density at radius 3 is 2.39 bits per heavy atom. The van der Waals surface area contributed by atoms with E-state index in [0.717, 1.165) is 11.3 Å². The molecule has 184 valence electrons. The summed E-state index contributed by atoms with van der Waals surface area (Å²) in [5, 5.41) is 23.8. The summed E-state index contributed by atoms with van der Waals surface area (Å²) in [5.41, 5.74) is 4.77. The molecule has 0 aliphatic carbocycles. The standard InChI is InChI=1S/C25H22ClN5O4S/c1-34-20-12-16(13-21(35-2)23(20)33)14-27-28-22(32)15-36-25-30-29-24(17-6-4-3-5-7-17)31(25)19-10-8-18(26)9-11-19/h3-14,33H,15H2,1-2H3,(H,28,32)/b27-14-. The molecule has 0 aliphatic rings. The zero-order valence-corrected chi connectivity index (χ0v) is 21.0. The molecule has 0 saturated carbocycles. The zero-order valence-electron chi connectivity index (χ0n) is 19.4. The Kier molecular flexibility index (Phi) is 8.09. The fourth-order valence-corrected chi connectivity index (χ4v) is 4.16. The number of hydrogen-bond acceptors (Lipinski definition) is 8. The SMILES string of the molecule is COc1cc(/C=N\NC(=O)CSc2nnc(-c3ccccc3)n2-c2ccc(Cl)cc2)cc(OC)c1O. The molecule has 11 heteroatoms. The van der Waals surface area contributed by atoms with Crippen LogP contribution in [0.5, 0.6) is 17.2 Å². The van der Waals surface area contributed by atoms with E-state index in [1.165, 1.54) is 32.2 Å². The first-order valence-electron chi connectivity index (χ1n) is 10.7. The Bertz CT molecular complexity index is 1350. The summed E-state index contributed by atoms with van der Waals surface area (Å²) in [6.45, 7) is 0. The van der Waals surface area contributed by atoms with Crippen LogP contribution in [0.2, 0.25) is 5.02 Å². The lowest BCUT2D eigenvalue weighted by Gasteiger charge is -2.10. The predicted molar refractivity (Wildman–Crippen MR) is 139 cm³/mol. The first-order valence-corrected chi connectivity index (χ1v) is 12.0. The summed E-state index contributed by atoms with van der Waals surface area (Å²) in [4.78, 5) is 12.5. The van der Waals surface area contributed by atoms with Crippen LogP contribution in [0.15, 0.2) is 77.0 Å². The third-order valence-corrected chi connectivity index (χ3v) is 6.17. The second-order valence-corrected chi connectivity index (χ2v) is 8.72. The average molecular weight is 524 g/mol. The summed E-state index contributed by atoms with van der Waals surface area (Å²) in [5.74, 6) is 0.717. The lowest BCUT2D eigenvalue weighted by atomic mass is 10.2. The molecule has 0 spiro atoms. The van der Waals surface area contributed by atoms with Crippen LogP contribution in [0.1, 0.15) is 5.56 Å². The van der Waals surface area contributed by atoms with Crippen LogP contribution in [0.4, 0.5) is 0 Å². The van der Waals surface area contributed by atoms with E-state index in [9.17, 15) is 9.90 Å². The first-order chi connectivity index (χ1) is 17.5. The smallest absolute Gasteiger partial charge is 0.250 e. The van der Waals surface area contributed by atoms with Crippen molar-refractivity contribution in [3.63, 3.8) is 0 Å². The number of hydrogen-bond donors (Lipinski definition) is 2. The highest BCUT2D eigenvalue weighted by molar-refractivity contribution is 7.99. The van der Waals surface area contributed by atoms with E-state index in [1.807, 2.05) is 47.0 Å². The van der Waals surface area contributed by atoms with Crippen LogP contribution in [0, 0.1) is 0 Å². The van der Waals surface area contributed by atoms with E-state index < -0.39 is 0 Å². The predicted octanol–water partition coefficient (Wildman–Crippen LogP) is 4.55. The molecule has 1 amide bonds. The molecule has 0 saturated heterocycles. The number of nitrogens with zero attached hydrogens (tertiary/aromatic N) is 4. The highest BCUT2D eigenvalue weighted by Gasteiger charge is 2.17. The maximum Gasteiger partial charge on any atom is 0.250 e. The normalized spacial score (nSPS) is 11.0. The second-order valence-electron chi connectivity index (χ2n) is 7.34. The van der Waals surface area contributed by atoms with Gasteiger partial charge in [-0.3, -0.25) is 9.36 Å². The lowest BCUT2D eigenvalue weighted by molar-refractivity contribution is -0.118. The summed E-state index contributed by atoms with van der Waals surface area (Å²) < 4.78 is 12.1. The van der Waals surface area contributed by atoms with E-state index in [4.69, 9.17) is 21.1 Å². The highest BCUT2D eigenvalue weighted by atomic mass is 35.5. The van der Waals surface area contributed by atoms with Gasteiger partial charge in [0.2, 0.25) is 5.75 Å². The van der Waals surface area contributed by atoms with Gasteiger partial charge in [-0.05, 0) is 36.4 Å². The number of hydrazone groups is 1. The van der Waals surface area contributed by atoms with Gasteiger partial charge in [-0.25, -0.2) is 5.43 Å². The quantitative estimate of drug-likeness (QED) is 0.188. The fourth-order valence-electron chi connectivity index (χ4n) is 3.29. The van der Waals surface area contributed by atoms with Crippen LogP contribution < -0.4 is 14.9 Å². The van der Waals surface area contributed by atoms with Crippen molar-refractivity contribution in [1.82, 2.24) is 20.2 Å². The Hall–Kier alpha value is -4.02. The number of aromatic hydroxyl groups is 1. The highest BCUT2D eigenvalue weighted by Crippen LogP contribution is 2.36. The van der Waals surface area contributed by atoms with Crippen molar-refractivity contribution in [1.29, 1.82) is 0 Å². The van der Waals surface area contributed by atoms with Crippen LogP contribution in [0.3, 0.4) is 0 Å². The molecular formula is C25H22ClN5O4S. The fraction of sp³-hybridized carbons (Fsp3) is 0.120. The minimum atomic E-state index is -0.333. The third-order valence-electron chi connectivity index (χ3n) is 4.99. The van der Waals surface area contributed by atoms with Crippen LogP contribution in [-0.4, -0.2) is 52.0 Å². The van der Waals surface area contributed by atoms with E-state index >= 15 is 0 Å². The monoisotopic (exact) mass is 523 g/mol. The topological polar surface area (TPSA) is 111 Å². The molecule has 2 N–H and O–H groups in total. The number of benzene rings is 3. The first kappa shape index (κ1) is 25.1. The Morgan fingerprint density at radius 2 is 1.75 bits per heavy atom. The van der Waals surface area contributed by atoms with Crippen molar-refractivity contribution in [3.05, 3.63) is 77.3 Å². The number of phenolic OH excluding ortho intramolecular Hbond substituents is 1. The van der Waals surface area contributed by atoms with Gasteiger partial charge in [-0.2, -0.15) is 5.10 Å². The lowest BCUT2D eigenvalue weighted by Crippen LogP contribution is -2.20. The minimum Gasteiger partial charge on any atom is -0.502 e. The van der Waals surface area contributed by atoms with Gasteiger partial charge in [0, 0.05) is 21.8 Å². The van der Waals surface area contributed by atoms with Gasteiger partial charge in [-0.1, -0.05) is 53.7 Å². The molecule has 1 aromatic heterocycles. The van der Waals surface area contributed by atoms with Gasteiger partial charge in [0.05, 0.1) is 26.2 Å².